The summed E-state index contributed by atoms with van der Waals surface area (Å²) in [4.78, 5) is 23.7. The summed E-state index contributed by atoms with van der Waals surface area (Å²) in [5, 5.41) is 2.40. The molecule has 0 saturated carbocycles. The zero-order valence-electron chi connectivity index (χ0n) is 15.3. The van der Waals surface area contributed by atoms with Gasteiger partial charge in [-0.25, -0.2) is 4.79 Å². The molecule has 0 heterocycles. The van der Waals surface area contributed by atoms with Crippen molar-refractivity contribution in [2.45, 2.75) is 25.4 Å². The Balaban J connectivity index is 1.58. The molecule has 0 aliphatic heterocycles. The van der Waals surface area contributed by atoms with Gasteiger partial charge < -0.3 is 14.8 Å². The predicted octanol–water partition coefficient (Wildman–Crippen LogP) is 3.48. The van der Waals surface area contributed by atoms with E-state index in [1.54, 1.807) is 13.8 Å². The monoisotopic (exact) mass is 363 g/mol. The SMILES string of the molecule is C#CC(C)(C)OC(=O)CNC(=O)OCC1c2ccccc2-c2ccccc21. The lowest BCUT2D eigenvalue weighted by atomic mass is 9.98. The minimum atomic E-state index is -1.01. The molecule has 3 rings (SSSR count). The molecule has 2 aromatic rings. The molecule has 1 aliphatic carbocycles. The molecule has 5 heteroatoms. The van der Waals surface area contributed by atoms with Crippen LogP contribution in [0.1, 0.15) is 30.9 Å². The van der Waals surface area contributed by atoms with Crippen LogP contribution in [0.15, 0.2) is 48.5 Å². The first-order chi connectivity index (χ1) is 12.9. The molecular formula is C22H21NO4. The van der Waals surface area contributed by atoms with Gasteiger partial charge in [0.2, 0.25) is 0 Å². The fourth-order valence-corrected chi connectivity index (χ4v) is 3.14. The average molecular weight is 363 g/mol. The van der Waals surface area contributed by atoms with Crippen LogP contribution in [-0.2, 0) is 14.3 Å². The largest absolute Gasteiger partial charge is 0.449 e. The number of rotatable bonds is 5. The molecule has 27 heavy (non-hydrogen) atoms. The molecule has 1 aliphatic rings. The van der Waals surface area contributed by atoms with Crippen molar-refractivity contribution in [3.05, 3.63) is 59.7 Å². The lowest BCUT2D eigenvalue weighted by molar-refractivity contribution is -0.150. The number of amides is 1. The number of nitrogens with one attached hydrogen (secondary N) is 1. The number of carbonyl (C=O) groups excluding carboxylic acids is 2. The number of esters is 1. The van der Waals surface area contributed by atoms with E-state index in [0.717, 1.165) is 22.3 Å². The van der Waals surface area contributed by atoms with E-state index in [1.807, 2.05) is 36.4 Å². The van der Waals surface area contributed by atoms with Crippen LogP contribution < -0.4 is 5.32 Å². The van der Waals surface area contributed by atoms with Crippen molar-refractivity contribution in [3.8, 4) is 23.5 Å². The van der Waals surface area contributed by atoms with Crippen LogP contribution in [0.5, 0.6) is 0 Å². The Labute approximate surface area is 158 Å². The highest BCUT2D eigenvalue weighted by atomic mass is 16.6. The van der Waals surface area contributed by atoms with Gasteiger partial charge in [0, 0.05) is 5.92 Å². The molecular weight excluding hydrogens is 342 g/mol. The van der Waals surface area contributed by atoms with Gasteiger partial charge >= 0.3 is 12.1 Å². The molecule has 0 atom stereocenters. The summed E-state index contributed by atoms with van der Waals surface area (Å²) in [6, 6.07) is 16.2. The fraction of sp³-hybridized carbons (Fsp3) is 0.273. The molecule has 0 radical (unpaired) electrons. The molecule has 0 bridgehead atoms. The predicted molar refractivity (Wildman–Crippen MR) is 102 cm³/mol. The number of carbonyl (C=O) groups is 2. The lowest BCUT2D eigenvalue weighted by Crippen LogP contribution is -2.36. The normalized spacial score (nSPS) is 12.5. The molecule has 138 valence electrons. The van der Waals surface area contributed by atoms with E-state index in [9.17, 15) is 9.59 Å². The summed E-state index contributed by atoms with van der Waals surface area (Å²) >= 11 is 0. The van der Waals surface area contributed by atoms with Gasteiger partial charge in [0.1, 0.15) is 13.2 Å². The molecule has 0 fully saturated rings. The number of benzene rings is 2. The van der Waals surface area contributed by atoms with Gasteiger partial charge in [0.15, 0.2) is 5.60 Å². The summed E-state index contributed by atoms with van der Waals surface area (Å²) in [5.74, 6) is 1.70. The number of hydrogen-bond donors (Lipinski definition) is 1. The van der Waals surface area contributed by atoms with E-state index >= 15 is 0 Å². The van der Waals surface area contributed by atoms with Gasteiger partial charge in [0.05, 0.1) is 0 Å². The van der Waals surface area contributed by atoms with Gasteiger partial charge in [-0.2, -0.15) is 0 Å². The average Bonchev–Trinajstić information content (AvgIpc) is 2.98. The number of ether oxygens (including phenoxy) is 2. The number of fused-ring (bicyclic) bond motifs is 3. The summed E-state index contributed by atoms with van der Waals surface area (Å²) in [5.41, 5.74) is 3.55. The Kier molecular flexibility index (Phi) is 5.18. The molecule has 0 saturated heterocycles. The summed E-state index contributed by atoms with van der Waals surface area (Å²) in [7, 11) is 0. The van der Waals surface area contributed by atoms with Gasteiger partial charge in [0.25, 0.3) is 0 Å². The van der Waals surface area contributed by atoms with Crippen LogP contribution in [-0.4, -0.2) is 30.8 Å². The van der Waals surface area contributed by atoms with Crippen molar-refractivity contribution in [2.24, 2.45) is 0 Å². The number of terminal acetylenes is 1. The highest BCUT2D eigenvalue weighted by Gasteiger charge is 2.29. The smallest absolute Gasteiger partial charge is 0.407 e. The maximum absolute atomic E-state index is 12.0. The third kappa shape index (κ3) is 4.12. The van der Waals surface area contributed by atoms with Crippen LogP contribution in [0.3, 0.4) is 0 Å². The molecule has 5 nitrogen and oxygen atoms in total. The van der Waals surface area contributed by atoms with Crippen molar-refractivity contribution in [1.82, 2.24) is 5.32 Å². The zero-order valence-corrected chi connectivity index (χ0v) is 15.3. The van der Waals surface area contributed by atoms with Gasteiger partial charge in [-0.1, -0.05) is 54.5 Å². The van der Waals surface area contributed by atoms with Gasteiger partial charge in [-0.05, 0) is 36.1 Å². The Morgan fingerprint density at radius 2 is 1.63 bits per heavy atom. The molecule has 1 amide bonds. The van der Waals surface area contributed by atoms with Crippen LogP contribution in [0.25, 0.3) is 11.1 Å². The maximum atomic E-state index is 12.0. The first-order valence-electron chi connectivity index (χ1n) is 8.70. The van der Waals surface area contributed by atoms with Gasteiger partial charge in [-0.15, -0.1) is 6.42 Å². The lowest BCUT2D eigenvalue weighted by Gasteiger charge is -2.18. The minimum absolute atomic E-state index is 0.0320. The third-order valence-electron chi connectivity index (χ3n) is 4.44. The zero-order chi connectivity index (χ0) is 19.4. The maximum Gasteiger partial charge on any atom is 0.407 e. The first-order valence-corrected chi connectivity index (χ1v) is 8.70. The molecule has 0 unspecified atom stereocenters. The molecule has 1 N–H and O–H groups in total. The molecule has 2 aromatic carbocycles. The summed E-state index contributed by atoms with van der Waals surface area (Å²) in [6.07, 6.45) is 4.59. The van der Waals surface area contributed by atoms with E-state index in [2.05, 4.69) is 23.4 Å². The van der Waals surface area contributed by atoms with Gasteiger partial charge in [-0.3, -0.25) is 4.79 Å². The van der Waals surface area contributed by atoms with Crippen LogP contribution in [0, 0.1) is 12.3 Å². The highest BCUT2D eigenvalue weighted by molar-refractivity contribution is 5.80. The number of alkyl carbamates (subject to hydrolysis) is 1. The second-order valence-corrected chi connectivity index (χ2v) is 6.81. The first kappa shape index (κ1) is 18.5. The Bertz CT molecular complexity index is 865. The van der Waals surface area contributed by atoms with Crippen LogP contribution in [0.4, 0.5) is 4.79 Å². The minimum Gasteiger partial charge on any atom is -0.449 e. The van der Waals surface area contributed by atoms with Crippen molar-refractivity contribution in [2.75, 3.05) is 13.2 Å². The molecule has 0 aromatic heterocycles. The second-order valence-electron chi connectivity index (χ2n) is 6.81. The topological polar surface area (TPSA) is 64.6 Å². The third-order valence-corrected chi connectivity index (χ3v) is 4.44. The van der Waals surface area contributed by atoms with Crippen LogP contribution >= 0.6 is 0 Å². The van der Waals surface area contributed by atoms with Crippen molar-refractivity contribution in [1.29, 1.82) is 0 Å². The number of hydrogen-bond acceptors (Lipinski definition) is 4. The van der Waals surface area contributed by atoms with E-state index in [-0.39, 0.29) is 19.1 Å². The Morgan fingerprint density at radius 1 is 1.07 bits per heavy atom. The van der Waals surface area contributed by atoms with E-state index in [1.165, 1.54) is 0 Å². The quantitative estimate of drug-likeness (QED) is 0.652. The highest BCUT2D eigenvalue weighted by Crippen LogP contribution is 2.44. The van der Waals surface area contributed by atoms with E-state index in [0.29, 0.717) is 0 Å². The van der Waals surface area contributed by atoms with E-state index < -0.39 is 17.7 Å². The van der Waals surface area contributed by atoms with Crippen molar-refractivity contribution < 1.29 is 19.1 Å². The van der Waals surface area contributed by atoms with E-state index in [4.69, 9.17) is 15.9 Å². The summed E-state index contributed by atoms with van der Waals surface area (Å²) in [6.45, 7) is 3.07. The summed E-state index contributed by atoms with van der Waals surface area (Å²) < 4.78 is 10.4. The second kappa shape index (κ2) is 7.55. The Morgan fingerprint density at radius 3 is 2.19 bits per heavy atom. The Hall–Kier alpha value is -3.26. The molecule has 0 spiro atoms. The fourth-order valence-electron chi connectivity index (χ4n) is 3.14. The van der Waals surface area contributed by atoms with Crippen molar-refractivity contribution in [3.63, 3.8) is 0 Å². The van der Waals surface area contributed by atoms with Crippen molar-refractivity contribution >= 4 is 12.1 Å². The standard InChI is InChI=1S/C22H21NO4/c1-4-22(2,3)27-20(24)13-23-21(25)26-14-19-17-11-7-5-9-15(17)16-10-6-8-12-18(16)19/h1,5-12,19H,13-14H2,2-3H3,(H,23,25). The van der Waals surface area contributed by atoms with Crippen LogP contribution in [0.2, 0.25) is 0 Å².